The fourth-order valence-electron chi connectivity index (χ4n) is 2.14. The Bertz CT molecular complexity index is 664. The van der Waals surface area contributed by atoms with Crippen molar-refractivity contribution in [3.63, 3.8) is 0 Å². The number of carbonyl (C=O) groups is 1. The first-order valence-corrected chi connectivity index (χ1v) is 6.94. The molecular weight excluding hydrogens is 284 g/mol. The van der Waals surface area contributed by atoms with Crippen LogP contribution in [0.5, 0.6) is 5.88 Å². The molecule has 0 aliphatic carbocycles. The lowest BCUT2D eigenvalue weighted by Gasteiger charge is -2.08. The van der Waals surface area contributed by atoms with E-state index in [1.807, 2.05) is 19.9 Å². The predicted molar refractivity (Wildman–Crippen MR) is 82.2 cm³/mol. The highest BCUT2D eigenvalue weighted by Gasteiger charge is 2.16. The number of hydrogen-bond donors (Lipinski definition) is 1. The maximum atomic E-state index is 11.7. The van der Waals surface area contributed by atoms with Crippen molar-refractivity contribution in [1.82, 2.24) is 10.2 Å². The Morgan fingerprint density at radius 1 is 1.23 bits per heavy atom. The second-order valence-corrected chi connectivity index (χ2v) is 4.89. The number of aryl methyl sites for hydroxylation is 1. The van der Waals surface area contributed by atoms with Crippen LogP contribution in [0.25, 0.3) is 11.3 Å². The van der Waals surface area contributed by atoms with Gasteiger partial charge in [-0.15, -0.1) is 5.10 Å². The van der Waals surface area contributed by atoms with Gasteiger partial charge in [-0.2, -0.15) is 0 Å². The van der Waals surface area contributed by atoms with Crippen LogP contribution in [0, 0.1) is 13.8 Å². The second-order valence-electron chi connectivity index (χ2n) is 4.89. The number of aromatic amines is 1. The number of methoxy groups -OCH3 is 2. The first-order valence-electron chi connectivity index (χ1n) is 6.94. The highest BCUT2D eigenvalue weighted by molar-refractivity contribution is 5.91. The standard InChI is InChI=1S/C16H20N2O4/c1-10-5-6-12(16(19)21-4)9-13(10)14-11(2)15(18-17-14)22-8-7-20-3/h5-6,9H,7-8H2,1-4H3,(H,17,18). The smallest absolute Gasteiger partial charge is 0.337 e. The first kappa shape index (κ1) is 16.0. The Kier molecular flexibility index (Phi) is 5.16. The van der Waals surface area contributed by atoms with Crippen LogP contribution >= 0.6 is 0 Å². The lowest BCUT2D eigenvalue weighted by molar-refractivity contribution is 0.0601. The Labute approximate surface area is 129 Å². The molecule has 0 fully saturated rings. The summed E-state index contributed by atoms with van der Waals surface area (Å²) in [6.07, 6.45) is 0. The average Bonchev–Trinajstić information content (AvgIpc) is 2.88. The van der Waals surface area contributed by atoms with E-state index in [1.165, 1.54) is 7.11 Å². The van der Waals surface area contributed by atoms with Crippen LogP contribution in [0.1, 0.15) is 21.5 Å². The Balaban J connectivity index is 2.33. The van der Waals surface area contributed by atoms with Gasteiger partial charge in [-0.25, -0.2) is 4.79 Å². The summed E-state index contributed by atoms with van der Waals surface area (Å²) in [5.74, 6) is 0.171. The summed E-state index contributed by atoms with van der Waals surface area (Å²) in [6.45, 7) is 4.83. The van der Waals surface area contributed by atoms with Gasteiger partial charge in [0.15, 0.2) is 0 Å². The fraction of sp³-hybridized carbons (Fsp3) is 0.375. The van der Waals surface area contributed by atoms with E-state index in [0.717, 1.165) is 22.4 Å². The van der Waals surface area contributed by atoms with Crippen LogP contribution in [0.2, 0.25) is 0 Å². The number of nitrogens with zero attached hydrogens (tertiary/aromatic N) is 1. The number of hydrogen-bond acceptors (Lipinski definition) is 5. The van der Waals surface area contributed by atoms with Crippen molar-refractivity contribution in [1.29, 1.82) is 0 Å². The molecule has 2 aromatic rings. The second kappa shape index (κ2) is 7.09. The molecule has 0 saturated heterocycles. The third kappa shape index (κ3) is 3.28. The minimum Gasteiger partial charge on any atom is -0.474 e. The molecule has 1 heterocycles. The number of aromatic nitrogens is 2. The number of esters is 1. The van der Waals surface area contributed by atoms with E-state index in [9.17, 15) is 4.79 Å². The lowest BCUT2D eigenvalue weighted by atomic mass is 10.0. The van der Waals surface area contributed by atoms with Crippen molar-refractivity contribution >= 4 is 5.97 Å². The summed E-state index contributed by atoms with van der Waals surface area (Å²) in [6, 6.07) is 5.42. The SMILES string of the molecule is COCCOc1n[nH]c(-c2cc(C(=O)OC)ccc2C)c1C. The van der Waals surface area contributed by atoms with Crippen molar-refractivity contribution in [2.24, 2.45) is 0 Å². The van der Waals surface area contributed by atoms with Gasteiger partial charge >= 0.3 is 5.97 Å². The van der Waals surface area contributed by atoms with Gasteiger partial charge < -0.3 is 14.2 Å². The Hall–Kier alpha value is -2.34. The quantitative estimate of drug-likeness (QED) is 0.655. The van der Waals surface area contributed by atoms with Gasteiger partial charge in [0, 0.05) is 18.2 Å². The van der Waals surface area contributed by atoms with E-state index in [0.29, 0.717) is 24.7 Å². The maximum absolute atomic E-state index is 11.7. The summed E-state index contributed by atoms with van der Waals surface area (Å²) < 4.78 is 15.3. The van der Waals surface area contributed by atoms with E-state index < -0.39 is 0 Å². The molecule has 22 heavy (non-hydrogen) atoms. The molecule has 0 spiro atoms. The largest absolute Gasteiger partial charge is 0.474 e. The zero-order valence-electron chi connectivity index (χ0n) is 13.2. The third-order valence-electron chi connectivity index (χ3n) is 3.42. The van der Waals surface area contributed by atoms with Gasteiger partial charge in [-0.3, -0.25) is 5.10 Å². The molecule has 2 rings (SSSR count). The third-order valence-corrected chi connectivity index (χ3v) is 3.42. The first-order chi connectivity index (χ1) is 10.6. The summed E-state index contributed by atoms with van der Waals surface area (Å²) in [7, 11) is 2.99. The van der Waals surface area contributed by atoms with E-state index >= 15 is 0 Å². The molecule has 1 aromatic heterocycles. The highest BCUT2D eigenvalue weighted by atomic mass is 16.5. The van der Waals surface area contributed by atoms with Crippen LogP contribution in [0.4, 0.5) is 0 Å². The number of H-pyrrole nitrogens is 1. The summed E-state index contributed by atoms with van der Waals surface area (Å²) in [4.78, 5) is 11.7. The maximum Gasteiger partial charge on any atom is 0.337 e. The highest BCUT2D eigenvalue weighted by Crippen LogP contribution is 2.30. The molecule has 1 N–H and O–H groups in total. The number of ether oxygens (including phenoxy) is 3. The molecule has 0 radical (unpaired) electrons. The Morgan fingerprint density at radius 2 is 2.00 bits per heavy atom. The molecule has 6 heteroatoms. The van der Waals surface area contributed by atoms with Gasteiger partial charge in [0.2, 0.25) is 5.88 Å². The molecule has 0 saturated carbocycles. The van der Waals surface area contributed by atoms with Crippen molar-refractivity contribution in [2.75, 3.05) is 27.4 Å². The molecule has 0 bridgehead atoms. The van der Waals surface area contributed by atoms with Crippen molar-refractivity contribution in [3.05, 3.63) is 34.9 Å². The number of nitrogens with one attached hydrogen (secondary N) is 1. The van der Waals surface area contributed by atoms with Crippen LogP contribution in [0.15, 0.2) is 18.2 Å². The van der Waals surface area contributed by atoms with Gasteiger partial charge in [0.05, 0.1) is 25.0 Å². The molecule has 0 aliphatic heterocycles. The van der Waals surface area contributed by atoms with Crippen LogP contribution in [-0.4, -0.2) is 43.6 Å². The van der Waals surface area contributed by atoms with Crippen LogP contribution in [0.3, 0.4) is 0 Å². The summed E-state index contributed by atoms with van der Waals surface area (Å²) >= 11 is 0. The van der Waals surface area contributed by atoms with Crippen LogP contribution < -0.4 is 4.74 Å². The molecular formula is C16H20N2O4. The van der Waals surface area contributed by atoms with Gasteiger partial charge in [0.1, 0.15) is 6.61 Å². The molecule has 0 amide bonds. The van der Waals surface area contributed by atoms with Gasteiger partial charge in [-0.05, 0) is 31.5 Å². The predicted octanol–water partition coefficient (Wildman–Crippen LogP) is 2.51. The molecule has 1 aromatic carbocycles. The summed E-state index contributed by atoms with van der Waals surface area (Å²) in [5, 5.41) is 7.16. The average molecular weight is 304 g/mol. The monoisotopic (exact) mass is 304 g/mol. The minimum absolute atomic E-state index is 0.366. The van der Waals surface area contributed by atoms with Gasteiger partial charge in [-0.1, -0.05) is 6.07 Å². The minimum atomic E-state index is -0.366. The zero-order valence-corrected chi connectivity index (χ0v) is 13.2. The number of carbonyl (C=O) groups excluding carboxylic acids is 1. The zero-order chi connectivity index (χ0) is 16.1. The van der Waals surface area contributed by atoms with E-state index in [1.54, 1.807) is 19.2 Å². The lowest BCUT2D eigenvalue weighted by Crippen LogP contribution is -2.05. The van der Waals surface area contributed by atoms with E-state index in [4.69, 9.17) is 14.2 Å². The van der Waals surface area contributed by atoms with Crippen molar-refractivity contribution < 1.29 is 19.0 Å². The molecule has 0 aliphatic rings. The van der Waals surface area contributed by atoms with E-state index in [-0.39, 0.29) is 5.97 Å². The summed E-state index contributed by atoms with van der Waals surface area (Å²) in [5.41, 5.74) is 4.15. The van der Waals surface area contributed by atoms with Crippen molar-refractivity contribution in [3.8, 4) is 17.1 Å². The number of benzene rings is 1. The molecule has 0 unspecified atom stereocenters. The van der Waals surface area contributed by atoms with E-state index in [2.05, 4.69) is 10.2 Å². The Morgan fingerprint density at radius 3 is 2.68 bits per heavy atom. The fourth-order valence-corrected chi connectivity index (χ4v) is 2.14. The normalized spacial score (nSPS) is 10.5. The molecule has 118 valence electrons. The topological polar surface area (TPSA) is 73.4 Å². The molecule has 0 atom stereocenters. The molecule has 6 nitrogen and oxygen atoms in total. The van der Waals surface area contributed by atoms with Crippen LogP contribution in [-0.2, 0) is 9.47 Å². The number of rotatable bonds is 6. The van der Waals surface area contributed by atoms with Gasteiger partial charge in [0.25, 0.3) is 0 Å². The van der Waals surface area contributed by atoms with Crippen molar-refractivity contribution in [2.45, 2.75) is 13.8 Å².